The summed E-state index contributed by atoms with van der Waals surface area (Å²) in [6, 6.07) is 0. The van der Waals surface area contributed by atoms with E-state index in [0.717, 1.165) is 37.2 Å². The molecule has 19 heavy (non-hydrogen) atoms. The lowest BCUT2D eigenvalue weighted by molar-refractivity contribution is -0.174. The van der Waals surface area contributed by atoms with Crippen molar-refractivity contribution >= 4 is 23.7 Å². The Morgan fingerprint density at radius 2 is 1.68 bits per heavy atom. The topological polar surface area (TPSA) is 52.6 Å². The number of ether oxygens (including phenoxy) is 2. The van der Waals surface area contributed by atoms with Crippen LogP contribution in [0.1, 0.15) is 39.0 Å². The predicted molar refractivity (Wildman–Crippen MR) is 76.0 cm³/mol. The number of esters is 2. The Kier molecular flexibility index (Phi) is 6.69. The Balaban J connectivity index is 3.00. The molecule has 0 atom stereocenters. The monoisotopic (exact) mass is 288 g/mol. The van der Waals surface area contributed by atoms with E-state index in [0.29, 0.717) is 6.42 Å². The molecule has 110 valence electrons. The van der Waals surface area contributed by atoms with Gasteiger partial charge >= 0.3 is 11.9 Å². The molecule has 1 aliphatic rings. The van der Waals surface area contributed by atoms with E-state index in [2.05, 4.69) is 6.92 Å². The molecule has 0 heterocycles. The van der Waals surface area contributed by atoms with Crippen molar-refractivity contribution in [3.8, 4) is 0 Å². The molecule has 1 saturated carbocycles. The molecular weight excluding hydrogens is 264 g/mol. The van der Waals surface area contributed by atoms with Crippen molar-refractivity contribution in [1.29, 1.82) is 0 Å². The second-order valence-corrected chi connectivity index (χ2v) is 6.28. The second-order valence-electron chi connectivity index (χ2n) is 4.88. The molecule has 0 bridgehead atoms. The van der Waals surface area contributed by atoms with Crippen LogP contribution >= 0.6 is 11.8 Å². The molecule has 1 rings (SSSR count). The van der Waals surface area contributed by atoms with Crippen LogP contribution < -0.4 is 0 Å². The Hall–Kier alpha value is -0.710. The normalized spacial score (nSPS) is 16.4. The van der Waals surface area contributed by atoms with Crippen LogP contribution in [0, 0.1) is 11.3 Å². The van der Waals surface area contributed by atoms with Crippen LogP contribution in [0.2, 0.25) is 0 Å². The first-order valence-electron chi connectivity index (χ1n) is 6.88. The molecular formula is C14H24O4S. The van der Waals surface area contributed by atoms with E-state index in [1.807, 2.05) is 0 Å². The molecule has 0 aromatic rings. The van der Waals surface area contributed by atoms with Gasteiger partial charge in [0.15, 0.2) is 5.41 Å². The van der Waals surface area contributed by atoms with Crippen LogP contribution in [0.4, 0.5) is 0 Å². The number of carbonyl (C=O) groups excluding carboxylic acids is 2. The van der Waals surface area contributed by atoms with Gasteiger partial charge in [-0.2, -0.15) is 11.8 Å². The lowest BCUT2D eigenvalue weighted by Crippen LogP contribution is -2.47. The Morgan fingerprint density at radius 3 is 2.11 bits per heavy atom. The number of rotatable bonds is 7. The highest BCUT2D eigenvalue weighted by molar-refractivity contribution is 7.99. The predicted octanol–water partition coefficient (Wildman–Crippen LogP) is 2.65. The molecule has 1 fully saturated rings. The summed E-state index contributed by atoms with van der Waals surface area (Å²) in [5.74, 6) is 0.955. The fraction of sp³-hybridized carbons (Fsp3) is 0.857. The number of hydrogen-bond donors (Lipinski definition) is 0. The molecule has 0 unspecified atom stereocenters. The van der Waals surface area contributed by atoms with Crippen LogP contribution in [0.5, 0.6) is 0 Å². The summed E-state index contributed by atoms with van der Waals surface area (Å²) < 4.78 is 9.87. The molecule has 4 nitrogen and oxygen atoms in total. The summed E-state index contributed by atoms with van der Waals surface area (Å²) in [4.78, 5) is 24.6. The van der Waals surface area contributed by atoms with Crippen LogP contribution in [-0.2, 0) is 19.1 Å². The van der Waals surface area contributed by atoms with Crippen molar-refractivity contribution in [1.82, 2.24) is 0 Å². The third-order valence-electron chi connectivity index (χ3n) is 4.00. The average Bonchev–Trinajstić information content (AvgIpc) is 2.96. The van der Waals surface area contributed by atoms with Gasteiger partial charge in [-0.1, -0.05) is 19.8 Å². The lowest BCUT2D eigenvalue weighted by Gasteiger charge is -2.33. The zero-order valence-corrected chi connectivity index (χ0v) is 12.9. The van der Waals surface area contributed by atoms with Crippen molar-refractivity contribution < 1.29 is 19.1 Å². The van der Waals surface area contributed by atoms with E-state index in [1.54, 1.807) is 11.8 Å². The average molecular weight is 288 g/mol. The highest BCUT2D eigenvalue weighted by Crippen LogP contribution is 2.45. The van der Waals surface area contributed by atoms with Crippen molar-refractivity contribution in [2.75, 3.05) is 25.7 Å². The highest BCUT2D eigenvalue weighted by Gasteiger charge is 2.54. The van der Waals surface area contributed by atoms with E-state index >= 15 is 0 Å². The number of carbonyl (C=O) groups is 2. The van der Waals surface area contributed by atoms with E-state index in [9.17, 15) is 9.59 Å². The maximum atomic E-state index is 12.3. The SMILES string of the molecule is CCSCCC(C(=O)OC)(C(=O)OC)C1CCCC1. The molecule has 0 N–H and O–H groups in total. The Bertz CT molecular complexity index is 295. The molecule has 0 aromatic heterocycles. The zero-order chi connectivity index (χ0) is 14.3. The molecule has 1 aliphatic carbocycles. The maximum Gasteiger partial charge on any atom is 0.323 e. The molecule has 0 aromatic carbocycles. The quantitative estimate of drug-likeness (QED) is 0.409. The highest BCUT2D eigenvalue weighted by atomic mass is 32.2. The van der Waals surface area contributed by atoms with Crippen molar-refractivity contribution in [3.63, 3.8) is 0 Å². The summed E-state index contributed by atoms with van der Waals surface area (Å²) in [7, 11) is 2.70. The van der Waals surface area contributed by atoms with Gasteiger partial charge in [-0.15, -0.1) is 0 Å². The Labute approximate surface area is 119 Å². The zero-order valence-electron chi connectivity index (χ0n) is 12.1. The van der Waals surface area contributed by atoms with Crippen molar-refractivity contribution in [3.05, 3.63) is 0 Å². The Morgan fingerprint density at radius 1 is 1.16 bits per heavy atom. The first-order valence-corrected chi connectivity index (χ1v) is 8.03. The van der Waals surface area contributed by atoms with Gasteiger partial charge in [-0.05, 0) is 36.7 Å². The molecule has 0 saturated heterocycles. The molecule has 0 amide bonds. The van der Waals surface area contributed by atoms with Crippen molar-refractivity contribution in [2.24, 2.45) is 11.3 Å². The van der Waals surface area contributed by atoms with Gasteiger partial charge in [-0.25, -0.2) is 0 Å². The van der Waals surface area contributed by atoms with Crippen LogP contribution in [-0.4, -0.2) is 37.7 Å². The van der Waals surface area contributed by atoms with Gasteiger partial charge in [0.2, 0.25) is 0 Å². The molecule has 0 spiro atoms. The van der Waals surface area contributed by atoms with E-state index in [1.165, 1.54) is 14.2 Å². The molecule has 0 aliphatic heterocycles. The van der Waals surface area contributed by atoms with E-state index in [4.69, 9.17) is 9.47 Å². The second kappa shape index (κ2) is 7.78. The first kappa shape index (κ1) is 16.3. The number of methoxy groups -OCH3 is 2. The van der Waals surface area contributed by atoms with Crippen LogP contribution in [0.15, 0.2) is 0 Å². The van der Waals surface area contributed by atoms with Gasteiger partial charge in [0.25, 0.3) is 0 Å². The fourth-order valence-electron chi connectivity index (χ4n) is 2.99. The maximum absolute atomic E-state index is 12.3. The summed E-state index contributed by atoms with van der Waals surface area (Å²) in [6.07, 6.45) is 4.46. The number of hydrogen-bond acceptors (Lipinski definition) is 5. The summed E-state index contributed by atoms with van der Waals surface area (Å²) in [5, 5.41) is 0. The first-order chi connectivity index (χ1) is 9.13. The largest absolute Gasteiger partial charge is 0.468 e. The fourth-order valence-corrected chi connectivity index (χ4v) is 3.74. The smallest absolute Gasteiger partial charge is 0.323 e. The van der Waals surface area contributed by atoms with E-state index in [-0.39, 0.29) is 5.92 Å². The standard InChI is InChI=1S/C14H24O4S/c1-4-19-10-9-14(12(15)17-2,13(16)18-3)11-7-5-6-8-11/h11H,4-10H2,1-3H3. The lowest BCUT2D eigenvalue weighted by atomic mass is 9.72. The summed E-state index contributed by atoms with van der Waals surface area (Å²) in [5.41, 5.74) is -1.10. The summed E-state index contributed by atoms with van der Waals surface area (Å²) in [6.45, 7) is 2.07. The number of thioether (sulfide) groups is 1. The minimum atomic E-state index is -1.10. The van der Waals surface area contributed by atoms with Crippen molar-refractivity contribution in [2.45, 2.75) is 39.0 Å². The van der Waals surface area contributed by atoms with Gasteiger partial charge in [-0.3, -0.25) is 9.59 Å². The van der Waals surface area contributed by atoms with E-state index < -0.39 is 17.4 Å². The molecule has 5 heteroatoms. The van der Waals surface area contributed by atoms with Gasteiger partial charge < -0.3 is 9.47 Å². The summed E-state index contributed by atoms with van der Waals surface area (Å²) >= 11 is 1.73. The third kappa shape index (κ3) is 3.44. The van der Waals surface area contributed by atoms with Gasteiger partial charge in [0, 0.05) is 0 Å². The van der Waals surface area contributed by atoms with Gasteiger partial charge in [0.1, 0.15) is 0 Å². The van der Waals surface area contributed by atoms with Crippen LogP contribution in [0.25, 0.3) is 0 Å². The van der Waals surface area contributed by atoms with Gasteiger partial charge in [0.05, 0.1) is 14.2 Å². The van der Waals surface area contributed by atoms with Crippen LogP contribution in [0.3, 0.4) is 0 Å². The minimum absolute atomic E-state index is 0.0601. The minimum Gasteiger partial charge on any atom is -0.468 e. The third-order valence-corrected chi connectivity index (χ3v) is 4.90. The molecule has 0 radical (unpaired) electrons.